The lowest BCUT2D eigenvalue weighted by Gasteiger charge is -2.19. The number of methoxy groups -OCH3 is 1. The van der Waals surface area contributed by atoms with Crippen LogP contribution in [0, 0.1) is 6.92 Å². The van der Waals surface area contributed by atoms with Crippen LogP contribution in [-0.2, 0) is 11.2 Å². The van der Waals surface area contributed by atoms with E-state index in [9.17, 15) is 0 Å². The van der Waals surface area contributed by atoms with Gasteiger partial charge in [-0.05, 0) is 18.9 Å². The molecule has 2 aromatic heterocycles. The van der Waals surface area contributed by atoms with Gasteiger partial charge in [0.25, 0.3) is 0 Å². The molecular weight excluding hydrogens is 364 g/mol. The van der Waals surface area contributed by atoms with E-state index < -0.39 is 0 Å². The third kappa shape index (κ3) is 6.02. The number of rotatable bonds is 8. The van der Waals surface area contributed by atoms with Gasteiger partial charge in [-0.1, -0.05) is 45.0 Å². The fraction of sp³-hybridized carbons (Fsp3) is 0.409. The molecule has 0 radical (unpaired) electrons. The molecule has 3 aromatic rings. The molecule has 0 bridgehead atoms. The first kappa shape index (κ1) is 22.4. The van der Waals surface area contributed by atoms with E-state index in [4.69, 9.17) is 14.7 Å². The van der Waals surface area contributed by atoms with Gasteiger partial charge in [-0.15, -0.1) is 0 Å². The Balaban J connectivity index is 0.00000145. The zero-order valence-corrected chi connectivity index (χ0v) is 18.3. The molecule has 0 atom stereocenters. The fourth-order valence-electron chi connectivity index (χ4n) is 2.82. The number of aromatic amines is 1. The highest BCUT2D eigenvalue weighted by molar-refractivity contribution is 5.66. The molecule has 0 fully saturated rings. The van der Waals surface area contributed by atoms with Crippen molar-refractivity contribution in [2.75, 3.05) is 37.5 Å². The molecule has 0 amide bonds. The molecule has 0 aliphatic heterocycles. The van der Waals surface area contributed by atoms with E-state index in [0.717, 1.165) is 35.9 Å². The predicted molar refractivity (Wildman–Crippen MR) is 120 cm³/mol. The number of nitrogens with zero attached hydrogens (tertiary/aromatic N) is 4. The second-order valence-electron chi connectivity index (χ2n) is 6.42. The summed E-state index contributed by atoms with van der Waals surface area (Å²) in [5.41, 5.74) is 3.25. The molecule has 29 heavy (non-hydrogen) atoms. The topological polar surface area (TPSA) is 79.0 Å². The number of hydrogen-bond acceptors (Lipinski definition) is 6. The molecule has 0 saturated carbocycles. The van der Waals surface area contributed by atoms with Gasteiger partial charge in [-0.2, -0.15) is 5.10 Å². The van der Waals surface area contributed by atoms with E-state index in [1.54, 1.807) is 7.11 Å². The average molecular weight is 397 g/mol. The molecule has 7 heteroatoms. The number of benzene rings is 1. The van der Waals surface area contributed by atoms with Crippen molar-refractivity contribution in [1.82, 2.24) is 20.2 Å². The summed E-state index contributed by atoms with van der Waals surface area (Å²) in [5.74, 6) is 2.96. The van der Waals surface area contributed by atoms with E-state index in [0.29, 0.717) is 18.2 Å². The highest BCUT2D eigenvalue weighted by atomic mass is 16.5. The standard InChI is InChI=1S/C20H26N6O.C2H6/c1-5-15-8-6-7-9-16(15)20-22-17(21-18-12-14(2)24-25-18)13-19(23-20)26(3)10-11-27-4;1-2/h6-9,12-13H,5,10-11H2,1-4H3,(H2,21,22,23,24,25);1-2H3. The van der Waals surface area contributed by atoms with Crippen molar-refractivity contribution in [2.45, 2.75) is 34.1 Å². The molecule has 0 unspecified atom stereocenters. The summed E-state index contributed by atoms with van der Waals surface area (Å²) in [4.78, 5) is 11.6. The zero-order chi connectivity index (χ0) is 21.2. The maximum atomic E-state index is 5.20. The van der Waals surface area contributed by atoms with Gasteiger partial charge in [0.15, 0.2) is 11.6 Å². The van der Waals surface area contributed by atoms with Crippen molar-refractivity contribution in [3.8, 4) is 11.4 Å². The molecule has 156 valence electrons. The summed E-state index contributed by atoms with van der Waals surface area (Å²) >= 11 is 0. The Morgan fingerprint density at radius 1 is 1.10 bits per heavy atom. The van der Waals surface area contributed by atoms with Crippen LogP contribution in [0.2, 0.25) is 0 Å². The number of ether oxygens (including phenoxy) is 1. The number of aromatic nitrogens is 4. The summed E-state index contributed by atoms with van der Waals surface area (Å²) in [6, 6.07) is 12.1. The molecular formula is C22H32N6O. The Labute approximate surface area is 173 Å². The summed E-state index contributed by atoms with van der Waals surface area (Å²) < 4.78 is 5.20. The van der Waals surface area contributed by atoms with Gasteiger partial charge in [0.2, 0.25) is 0 Å². The van der Waals surface area contributed by atoms with Crippen LogP contribution in [0.1, 0.15) is 32.0 Å². The highest BCUT2D eigenvalue weighted by Crippen LogP contribution is 2.26. The Hall–Kier alpha value is -2.93. The molecule has 0 spiro atoms. The minimum Gasteiger partial charge on any atom is -0.383 e. The second-order valence-corrected chi connectivity index (χ2v) is 6.42. The molecule has 1 aromatic carbocycles. The van der Waals surface area contributed by atoms with Crippen LogP contribution in [0.5, 0.6) is 0 Å². The van der Waals surface area contributed by atoms with Crippen LogP contribution in [0.15, 0.2) is 36.4 Å². The largest absolute Gasteiger partial charge is 0.383 e. The summed E-state index contributed by atoms with van der Waals surface area (Å²) in [6.45, 7) is 9.47. The molecule has 2 N–H and O–H groups in total. The van der Waals surface area contributed by atoms with Crippen molar-refractivity contribution < 1.29 is 4.74 Å². The normalized spacial score (nSPS) is 10.3. The summed E-state index contributed by atoms with van der Waals surface area (Å²) in [5, 5.41) is 10.4. The highest BCUT2D eigenvalue weighted by Gasteiger charge is 2.13. The van der Waals surface area contributed by atoms with Crippen LogP contribution >= 0.6 is 0 Å². The predicted octanol–water partition coefficient (Wildman–Crippen LogP) is 4.59. The monoisotopic (exact) mass is 396 g/mol. The van der Waals surface area contributed by atoms with Crippen molar-refractivity contribution in [3.05, 3.63) is 47.7 Å². The summed E-state index contributed by atoms with van der Waals surface area (Å²) in [7, 11) is 3.70. The average Bonchev–Trinajstić information content (AvgIpc) is 3.17. The van der Waals surface area contributed by atoms with Crippen molar-refractivity contribution >= 4 is 17.5 Å². The van der Waals surface area contributed by atoms with Gasteiger partial charge < -0.3 is 15.0 Å². The smallest absolute Gasteiger partial charge is 0.164 e. The van der Waals surface area contributed by atoms with Crippen LogP contribution in [0.25, 0.3) is 11.4 Å². The van der Waals surface area contributed by atoms with Gasteiger partial charge in [0.1, 0.15) is 11.6 Å². The van der Waals surface area contributed by atoms with Crippen molar-refractivity contribution in [1.29, 1.82) is 0 Å². The maximum absolute atomic E-state index is 5.20. The lowest BCUT2D eigenvalue weighted by atomic mass is 10.0. The minimum absolute atomic E-state index is 0.628. The SMILES string of the molecule is CC.CCc1ccccc1-c1nc(Nc2cc(C)[nH]n2)cc(N(C)CCOC)n1. The Bertz CT molecular complexity index is 893. The number of aryl methyl sites for hydroxylation is 2. The number of anilines is 3. The van der Waals surface area contributed by atoms with E-state index in [2.05, 4.69) is 39.5 Å². The number of hydrogen-bond donors (Lipinski definition) is 2. The first-order valence-electron chi connectivity index (χ1n) is 10.1. The van der Waals surface area contributed by atoms with E-state index in [-0.39, 0.29) is 0 Å². The third-order valence-electron chi connectivity index (χ3n) is 4.34. The molecule has 0 saturated heterocycles. The molecule has 0 aliphatic rings. The zero-order valence-electron chi connectivity index (χ0n) is 18.3. The minimum atomic E-state index is 0.628. The Morgan fingerprint density at radius 2 is 1.86 bits per heavy atom. The lowest BCUT2D eigenvalue weighted by Crippen LogP contribution is -2.23. The van der Waals surface area contributed by atoms with Gasteiger partial charge >= 0.3 is 0 Å². The summed E-state index contributed by atoms with van der Waals surface area (Å²) in [6.07, 6.45) is 0.921. The van der Waals surface area contributed by atoms with E-state index >= 15 is 0 Å². The molecule has 2 heterocycles. The van der Waals surface area contributed by atoms with Gasteiger partial charge in [-0.25, -0.2) is 9.97 Å². The Morgan fingerprint density at radius 3 is 2.52 bits per heavy atom. The maximum Gasteiger partial charge on any atom is 0.164 e. The van der Waals surface area contributed by atoms with Crippen LogP contribution in [0.4, 0.5) is 17.5 Å². The number of H-pyrrole nitrogens is 1. The van der Waals surface area contributed by atoms with Crippen LogP contribution < -0.4 is 10.2 Å². The quantitative estimate of drug-likeness (QED) is 0.580. The van der Waals surface area contributed by atoms with Gasteiger partial charge in [0.05, 0.1) is 6.61 Å². The molecule has 7 nitrogen and oxygen atoms in total. The Kier molecular flexibility index (Phi) is 8.61. The first-order chi connectivity index (χ1) is 14.1. The lowest BCUT2D eigenvalue weighted by molar-refractivity contribution is 0.206. The molecule has 3 rings (SSSR count). The number of likely N-dealkylation sites (N-methyl/N-ethyl adjacent to an activating group) is 1. The van der Waals surface area contributed by atoms with Crippen LogP contribution in [-0.4, -0.2) is 47.5 Å². The third-order valence-corrected chi connectivity index (χ3v) is 4.34. The second kappa shape index (κ2) is 11.2. The number of nitrogens with one attached hydrogen (secondary N) is 2. The van der Waals surface area contributed by atoms with E-state index in [1.165, 1.54) is 5.56 Å². The van der Waals surface area contributed by atoms with Gasteiger partial charge in [-0.3, -0.25) is 5.10 Å². The first-order valence-corrected chi connectivity index (χ1v) is 10.1. The van der Waals surface area contributed by atoms with Crippen LogP contribution in [0.3, 0.4) is 0 Å². The van der Waals surface area contributed by atoms with E-state index in [1.807, 2.05) is 52.1 Å². The van der Waals surface area contributed by atoms with Crippen molar-refractivity contribution in [3.63, 3.8) is 0 Å². The fourth-order valence-corrected chi connectivity index (χ4v) is 2.82. The van der Waals surface area contributed by atoms with Gasteiger partial charge in [0, 0.05) is 44.1 Å². The molecule has 0 aliphatic carbocycles. The van der Waals surface area contributed by atoms with Crippen molar-refractivity contribution in [2.24, 2.45) is 0 Å².